The minimum Gasteiger partial charge on any atom is -0.316 e. The molecule has 9 nitrogen and oxygen atoms in total. The first kappa shape index (κ1) is 29.9. The Morgan fingerprint density at radius 2 is 1.50 bits per heavy atom. The highest BCUT2D eigenvalue weighted by Crippen LogP contribution is 2.39. The first-order chi connectivity index (χ1) is 20.0. The Morgan fingerprint density at radius 3 is 2.10 bits per heavy atom. The van der Waals surface area contributed by atoms with Crippen molar-refractivity contribution >= 4 is 50.7 Å². The summed E-state index contributed by atoms with van der Waals surface area (Å²) in [6.45, 7) is 0.671. The van der Waals surface area contributed by atoms with Crippen molar-refractivity contribution in [2.45, 2.75) is 31.7 Å². The van der Waals surface area contributed by atoms with Gasteiger partial charge in [0.15, 0.2) is 5.69 Å². The molecule has 3 aromatic rings. The summed E-state index contributed by atoms with van der Waals surface area (Å²) in [5.74, 6) is -1.11. The van der Waals surface area contributed by atoms with Crippen LogP contribution in [0.2, 0.25) is 5.02 Å². The first-order valence-electron chi connectivity index (χ1n) is 14.0. The number of imide groups is 1. The third kappa shape index (κ3) is 5.72. The number of fused-ring (bicyclic) bond motifs is 1. The van der Waals surface area contributed by atoms with Crippen LogP contribution in [-0.2, 0) is 21.2 Å². The minimum atomic E-state index is -3.88. The second kappa shape index (κ2) is 12.0. The molecule has 0 spiro atoms. The highest BCUT2D eigenvalue weighted by atomic mass is 35.5. The Labute approximate surface area is 251 Å². The smallest absolute Gasteiger partial charge is 0.316 e. The number of carbonyl (C=O) groups is 3. The number of nitrogens with zero attached hydrogens (tertiary/aromatic N) is 3. The lowest BCUT2D eigenvalue weighted by molar-refractivity contribution is -0.132. The van der Waals surface area contributed by atoms with Crippen molar-refractivity contribution in [3.8, 4) is 0 Å². The fourth-order valence-electron chi connectivity index (χ4n) is 6.05. The van der Waals surface area contributed by atoms with Crippen molar-refractivity contribution in [2.24, 2.45) is 5.73 Å². The van der Waals surface area contributed by atoms with Crippen LogP contribution in [0, 0.1) is 0 Å². The van der Waals surface area contributed by atoms with Gasteiger partial charge < -0.3 is 5.73 Å². The van der Waals surface area contributed by atoms with Crippen molar-refractivity contribution in [3.05, 3.63) is 94.5 Å². The summed E-state index contributed by atoms with van der Waals surface area (Å²) >= 11 is 6.03. The molecule has 0 aliphatic carbocycles. The quantitative estimate of drug-likeness (QED) is 0.290. The van der Waals surface area contributed by atoms with Gasteiger partial charge in [0.05, 0.1) is 37.0 Å². The number of hydrogen-bond donors (Lipinski definition) is 1. The summed E-state index contributed by atoms with van der Waals surface area (Å²) in [5, 5.41) is 0.592. The third-order valence-corrected chi connectivity index (χ3v) is 9.54. The molecular weight excluding hydrogens is 576 g/mol. The molecule has 1 atom stereocenters. The van der Waals surface area contributed by atoms with Gasteiger partial charge in [0, 0.05) is 24.1 Å². The molecule has 1 saturated heterocycles. The largest absolute Gasteiger partial charge is 0.335 e. The number of piperidine rings is 1. The highest BCUT2D eigenvalue weighted by Gasteiger charge is 2.46. The Morgan fingerprint density at radius 1 is 0.929 bits per heavy atom. The van der Waals surface area contributed by atoms with E-state index in [9.17, 15) is 22.8 Å². The fraction of sp³-hybridized carbons (Fsp3) is 0.323. The van der Waals surface area contributed by atoms with Crippen LogP contribution in [0.1, 0.15) is 45.5 Å². The van der Waals surface area contributed by atoms with Crippen LogP contribution in [0.4, 0.5) is 11.4 Å². The van der Waals surface area contributed by atoms with E-state index in [1.807, 2.05) is 12.1 Å². The number of halogens is 1. The van der Waals surface area contributed by atoms with E-state index >= 15 is 0 Å². The summed E-state index contributed by atoms with van der Waals surface area (Å²) < 4.78 is 27.6. The lowest BCUT2D eigenvalue weighted by Gasteiger charge is -2.41. The van der Waals surface area contributed by atoms with Crippen LogP contribution in [0.3, 0.4) is 0 Å². The molecule has 2 heterocycles. The monoisotopic (exact) mass is 609 g/mol. The number of sulfonamides is 1. The average molecular weight is 610 g/mol. The Bertz CT molecular complexity index is 1590. The minimum absolute atomic E-state index is 0.0794. The number of para-hydroxylation sites is 2. The van der Waals surface area contributed by atoms with E-state index in [0.29, 0.717) is 47.0 Å². The zero-order valence-electron chi connectivity index (χ0n) is 23.4. The topological polar surface area (TPSA) is 118 Å². The molecule has 42 heavy (non-hydrogen) atoms. The number of carbonyl (C=O) groups excluding carboxylic acids is 3. The molecule has 2 aliphatic rings. The van der Waals surface area contributed by atoms with E-state index in [4.69, 9.17) is 17.3 Å². The molecule has 3 aromatic carbocycles. The summed E-state index contributed by atoms with van der Waals surface area (Å²) in [6.07, 6.45) is 3.91. The molecule has 0 unspecified atom stereocenters. The number of hydrogen-bond acceptors (Lipinski definition) is 6. The summed E-state index contributed by atoms with van der Waals surface area (Å²) in [7, 11) is -3.88. The van der Waals surface area contributed by atoms with E-state index in [-0.39, 0.29) is 23.5 Å². The third-order valence-electron chi connectivity index (χ3n) is 8.10. The molecule has 3 amide bonds. The Balaban J connectivity index is 1.48. The van der Waals surface area contributed by atoms with Crippen LogP contribution in [0.15, 0.2) is 72.8 Å². The summed E-state index contributed by atoms with van der Waals surface area (Å²) in [5.41, 5.74) is 8.91. The second-order valence-corrected chi connectivity index (χ2v) is 13.2. The van der Waals surface area contributed by atoms with Gasteiger partial charge in [0.25, 0.3) is 11.8 Å². The molecule has 1 fully saturated rings. The zero-order chi connectivity index (χ0) is 30.1. The molecule has 220 valence electrons. The molecule has 0 aromatic heterocycles. The van der Waals surface area contributed by atoms with E-state index in [2.05, 4.69) is 0 Å². The number of likely N-dealkylation sites (tertiary alicyclic amines) is 1. The van der Waals surface area contributed by atoms with Gasteiger partial charge in [-0.05, 0) is 55.2 Å². The number of amides is 3. The molecule has 11 heteroatoms. The van der Waals surface area contributed by atoms with Gasteiger partial charge in [-0.3, -0.25) is 18.8 Å². The molecule has 2 aliphatic heterocycles. The maximum absolute atomic E-state index is 14.3. The van der Waals surface area contributed by atoms with Crippen molar-refractivity contribution in [2.75, 3.05) is 36.7 Å². The lowest BCUT2D eigenvalue weighted by Crippen LogP contribution is -2.63. The zero-order valence-corrected chi connectivity index (χ0v) is 25.0. The number of nitrogens with two attached hydrogens (primary N) is 1. The summed E-state index contributed by atoms with van der Waals surface area (Å²) in [4.78, 5) is 41.3. The molecule has 2 N–H and O–H groups in total. The molecule has 0 radical (unpaired) electrons. The maximum Gasteiger partial charge on any atom is 0.335 e. The van der Waals surface area contributed by atoms with Crippen molar-refractivity contribution < 1.29 is 22.8 Å². The SMILES string of the molecule is CS(=O)(=O)N(CCN1C(=O)c2ccccc2C1=O)c1ccccc1[N+]1(C(=O)[C@H](N)Cc2ccc(Cl)cc2)CCCCC1. The number of quaternary nitrogens is 1. The van der Waals surface area contributed by atoms with Crippen LogP contribution in [0.5, 0.6) is 0 Å². The van der Waals surface area contributed by atoms with Gasteiger partial charge in [-0.15, -0.1) is 0 Å². The maximum atomic E-state index is 14.3. The van der Waals surface area contributed by atoms with Crippen LogP contribution in [-0.4, -0.2) is 69.5 Å². The van der Waals surface area contributed by atoms with Crippen LogP contribution < -0.4 is 14.5 Å². The average Bonchev–Trinajstić information content (AvgIpc) is 3.23. The van der Waals surface area contributed by atoms with Gasteiger partial charge in [0.1, 0.15) is 11.7 Å². The summed E-state index contributed by atoms with van der Waals surface area (Å²) in [6, 6.07) is 19.9. The number of rotatable bonds is 9. The van der Waals surface area contributed by atoms with Gasteiger partial charge in [-0.2, -0.15) is 0 Å². The van der Waals surface area contributed by atoms with E-state index in [1.165, 1.54) is 4.31 Å². The lowest BCUT2D eigenvalue weighted by atomic mass is 9.99. The second-order valence-electron chi connectivity index (χ2n) is 10.9. The van der Waals surface area contributed by atoms with Gasteiger partial charge in [-0.25, -0.2) is 17.7 Å². The van der Waals surface area contributed by atoms with Gasteiger partial charge in [-0.1, -0.05) is 48.0 Å². The number of benzene rings is 3. The van der Waals surface area contributed by atoms with E-state index in [1.54, 1.807) is 60.7 Å². The molecule has 0 bridgehead atoms. The van der Waals surface area contributed by atoms with Crippen molar-refractivity contribution in [3.63, 3.8) is 0 Å². The molecular formula is C31H34ClN4O5S+. The number of anilines is 1. The van der Waals surface area contributed by atoms with E-state index in [0.717, 1.165) is 36.0 Å². The first-order valence-corrected chi connectivity index (χ1v) is 16.2. The Kier molecular flexibility index (Phi) is 8.52. The predicted octanol–water partition coefficient (Wildman–Crippen LogP) is 3.99. The van der Waals surface area contributed by atoms with Crippen LogP contribution >= 0.6 is 11.6 Å². The molecule has 5 rings (SSSR count). The van der Waals surface area contributed by atoms with Gasteiger partial charge in [0.2, 0.25) is 10.0 Å². The highest BCUT2D eigenvalue weighted by molar-refractivity contribution is 7.92. The van der Waals surface area contributed by atoms with Crippen molar-refractivity contribution in [1.82, 2.24) is 9.38 Å². The molecule has 0 saturated carbocycles. The fourth-order valence-corrected chi connectivity index (χ4v) is 7.10. The van der Waals surface area contributed by atoms with Gasteiger partial charge >= 0.3 is 5.91 Å². The Hall–Kier alpha value is -3.57. The standard InChI is InChI=1S/C31H34ClN4O5S/c1-42(40,41)35(18-17-34-29(37)24-9-3-4-10-25(24)30(34)38)27-11-5-6-12-28(27)36(19-7-2-8-20-36)31(39)26(33)21-22-13-15-23(32)16-14-22/h3-6,9-16,26H,2,7-8,17-21,33H2,1H3/q+1/t26-/m1/s1. The predicted molar refractivity (Wildman–Crippen MR) is 164 cm³/mol. The van der Waals surface area contributed by atoms with Crippen LogP contribution in [0.25, 0.3) is 0 Å². The van der Waals surface area contributed by atoms with E-state index < -0.39 is 27.9 Å². The van der Waals surface area contributed by atoms with Crippen molar-refractivity contribution in [1.29, 1.82) is 0 Å². The normalized spacial score (nSPS) is 17.2.